The second kappa shape index (κ2) is 3.91. The highest BCUT2D eigenvalue weighted by molar-refractivity contribution is 5.77. The summed E-state index contributed by atoms with van der Waals surface area (Å²) in [4.78, 5) is 10.8. The molecular formula is C13H16O3. The largest absolute Gasteiger partial charge is 0.479 e. The summed E-state index contributed by atoms with van der Waals surface area (Å²) in [6.07, 6.45) is 3.52. The maximum atomic E-state index is 10.8. The summed E-state index contributed by atoms with van der Waals surface area (Å²) in [6.45, 7) is 1.34. The molecule has 2 rings (SSSR count). The summed E-state index contributed by atoms with van der Waals surface area (Å²) in [6, 6.07) is 6.00. The number of hydrogen-bond donors (Lipinski definition) is 2. The van der Waals surface area contributed by atoms with Crippen LogP contribution in [0.15, 0.2) is 18.2 Å². The molecule has 1 atom stereocenters. The number of carboxylic acid groups (broad SMARTS) is 1. The first-order valence-electron chi connectivity index (χ1n) is 5.55. The molecule has 0 heterocycles. The van der Waals surface area contributed by atoms with Crippen molar-refractivity contribution in [3.63, 3.8) is 0 Å². The number of carbonyl (C=O) groups is 1. The van der Waals surface area contributed by atoms with Crippen molar-refractivity contribution in [1.29, 1.82) is 0 Å². The van der Waals surface area contributed by atoms with E-state index in [1.165, 1.54) is 24.5 Å². The number of hydrogen-bond acceptors (Lipinski definition) is 2. The van der Waals surface area contributed by atoms with E-state index in [1.54, 1.807) is 0 Å². The maximum Gasteiger partial charge on any atom is 0.335 e. The number of benzene rings is 1. The van der Waals surface area contributed by atoms with Gasteiger partial charge in [0.15, 0.2) is 5.60 Å². The van der Waals surface area contributed by atoms with Gasteiger partial charge in [0.2, 0.25) is 0 Å². The molecule has 1 aliphatic carbocycles. The van der Waals surface area contributed by atoms with Gasteiger partial charge in [0.25, 0.3) is 0 Å². The summed E-state index contributed by atoms with van der Waals surface area (Å²) in [7, 11) is 0. The van der Waals surface area contributed by atoms with Crippen LogP contribution in [0.25, 0.3) is 0 Å². The highest BCUT2D eigenvalue weighted by atomic mass is 16.4. The predicted octanol–water partition coefficient (Wildman–Crippen LogP) is 1.55. The van der Waals surface area contributed by atoms with Gasteiger partial charge in [-0.1, -0.05) is 18.2 Å². The second-order valence-electron chi connectivity index (χ2n) is 4.71. The molecule has 1 aromatic carbocycles. The first kappa shape index (κ1) is 11.1. The molecule has 1 aromatic rings. The van der Waals surface area contributed by atoms with Crippen LogP contribution in [0, 0.1) is 0 Å². The fraction of sp³-hybridized carbons (Fsp3) is 0.462. The van der Waals surface area contributed by atoms with E-state index in [4.69, 9.17) is 5.11 Å². The van der Waals surface area contributed by atoms with E-state index in [1.807, 2.05) is 12.1 Å². The first-order valence-corrected chi connectivity index (χ1v) is 5.55. The number of rotatable bonds is 3. The summed E-state index contributed by atoms with van der Waals surface area (Å²) < 4.78 is 0. The molecule has 0 aliphatic heterocycles. The van der Waals surface area contributed by atoms with Gasteiger partial charge >= 0.3 is 5.97 Å². The highest BCUT2D eigenvalue weighted by Crippen LogP contribution is 2.24. The van der Waals surface area contributed by atoms with Crippen LogP contribution < -0.4 is 0 Å². The van der Waals surface area contributed by atoms with E-state index >= 15 is 0 Å². The molecule has 3 nitrogen and oxygen atoms in total. The van der Waals surface area contributed by atoms with Gasteiger partial charge in [-0.3, -0.25) is 0 Å². The van der Waals surface area contributed by atoms with Crippen molar-refractivity contribution >= 4 is 5.97 Å². The zero-order chi connectivity index (χ0) is 11.8. The maximum absolute atomic E-state index is 10.8. The molecule has 0 aromatic heterocycles. The molecule has 0 spiro atoms. The molecule has 2 N–H and O–H groups in total. The Hall–Kier alpha value is -1.35. The van der Waals surface area contributed by atoms with Crippen LogP contribution in [0.1, 0.15) is 30.0 Å². The first-order chi connectivity index (χ1) is 7.49. The third-order valence-electron chi connectivity index (χ3n) is 3.17. The van der Waals surface area contributed by atoms with E-state index in [0.717, 1.165) is 18.4 Å². The van der Waals surface area contributed by atoms with Crippen molar-refractivity contribution in [2.45, 2.75) is 38.2 Å². The molecule has 0 bridgehead atoms. The zero-order valence-corrected chi connectivity index (χ0v) is 9.36. The summed E-state index contributed by atoms with van der Waals surface area (Å²) >= 11 is 0. The van der Waals surface area contributed by atoms with Crippen LogP contribution >= 0.6 is 0 Å². The van der Waals surface area contributed by atoms with Crippen LogP contribution in [-0.4, -0.2) is 21.8 Å². The fourth-order valence-corrected chi connectivity index (χ4v) is 2.21. The molecule has 0 saturated carbocycles. The lowest BCUT2D eigenvalue weighted by Gasteiger charge is -2.18. The normalized spacial score (nSPS) is 17.9. The average Bonchev–Trinajstić information content (AvgIpc) is 2.63. The van der Waals surface area contributed by atoms with Crippen LogP contribution in [0.4, 0.5) is 0 Å². The van der Waals surface area contributed by atoms with Gasteiger partial charge in [0, 0.05) is 6.42 Å². The Bertz CT molecular complexity index is 421. The summed E-state index contributed by atoms with van der Waals surface area (Å²) in [5.74, 6) is -1.17. The Kier molecular flexibility index (Phi) is 2.72. The lowest BCUT2D eigenvalue weighted by molar-refractivity contribution is -0.156. The lowest BCUT2D eigenvalue weighted by Crippen LogP contribution is -2.37. The molecule has 16 heavy (non-hydrogen) atoms. The molecule has 0 amide bonds. The zero-order valence-electron chi connectivity index (χ0n) is 9.36. The molecule has 1 unspecified atom stereocenters. The minimum Gasteiger partial charge on any atom is -0.479 e. The van der Waals surface area contributed by atoms with Gasteiger partial charge < -0.3 is 10.2 Å². The Balaban J connectivity index is 2.20. The predicted molar refractivity (Wildman–Crippen MR) is 60.4 cm³/mol. The summed E-state index contributed by atoms with van der Waals surface area (Å²) in [5, 5.41) is 18.5. The molecule has 1 aliphatic rings. The van der Waals surface area contributed by atoms with Gasteiger partial charge in [-0.15, -0.1) is 0 Å². The van der Waals surface area contributed by atoms with Gasteiger partial charge in [-0.05, 0) is 42.9 Å². The van der Waals surface area contributed by atoms with Crippen molar-refractivity contribution in [3.8, 4) is 0 Å². The number of fused-ring (bicyclic) bond motifs is 1. The van der Waals surface area contributed by atoms with E-state index < -0.39 is 11.6 Å². The van der Waals surface area contributed by atoms with E-state index in [9.17, 15) is 9.90 Å². The monoisotopic (exact) mass is 220 g/mol. The average molecular weight is 220 g/mol. The van der Waals surface area contributed by atoms with E-state index in [0.29, 0.717) is 0 Å². The van der Waals surface area contributed by atoms with Crippen LogP contribution in [0.2, 0.25) is 0 Å². The minimum absolute atomic E-state index is 0.162. The minimum atomic E-state index is -1.67. The van der Waals surface area contributed by atoms with E-state index in [2.05, 4.69) is 6.07 Å². The van der Waals surface area contributed by atoms with Gasteiger partial charge in [0.1, 0.15) is 0 Å². The SMILES string of the molecule is CC(O)(Cc1ccc2c(c1)CCC2)C(=O)O. The van der Waals surface area contributed by atoms with E-state index in [-0.39, 0.29) is 6.42 Å². The topological polar surface area (TPSA) is 57.5 Å². The highest BCUT2D eigenvalue weighted by Gasteiger charge is 2.30. The molecule has 0 fully saturated rings. The van der Waals surface area contributed by atoms with Crippen molar-refractivity contribution in [2.75, 3.05) is 0 Å². The summed E-state index contributed by atoms with van der Waals surface area (Å²) in [5.41, 5.74) is 1.89. The Morgan fingerprint density at radius 3 is 2.75 bits per heavy atom. The number of aryl methyl sites for hydroxylation is 2. The molecule has 86 valence electrons. The Labute approximate surface area is 94.7 Å². The van der Waals surface area contributed by atoms with Gasteiger partial charge in [-0.25, -0.2) is 4.79 Å². The lowest BCUT2D eigenvalue weighted by atomic mass is 9.94. The fourth-order valence-electron chi connectivity index (χ4n) is 2.21. The molecular weight excluding hydrogens is 204 g/mol. The molecule has 0 radical (unpaired) electrons. The smallest absolute Gasteiger partial charge is 0.335 e. The number of aliphatic carboxylic acids is 1. The standard InChI is InChI=1S/C13H16O3/c1-13(16,12(14)15)8-9-5-6-10-3-2-4-11(10)7-9/h5-7,16H,2-4,8H2,1H3,(H,14,15). The van der Waals surface area contributed by atoms with Crippen molar-refractivity contribution in [2.24, 2.45) is 0 Å². The van der Waals surface area contributed by atoms with Gasteiger partial charge in [0.05, 0.1) is 0 Å². The van der Waals surface area contributed by atoms with Crippen molar-refractivity contribution < 1.29 is 15.0 Å². The number of carboxylic acids is 1. The van der Waals surface area contributed by atoms with Crippen LogP contribution in [0.3, 0.4) is 0 Å². The number of aliphatic hydroxyl groups is 1. The third kappa shape index (κ3) is 2.09. The van der Waals surface area contributed by atoms with Crippen LogP contribution in [0.5, 0.6) is 0 Å². The molecule has 0 saturated heterocycles. The van der Waals surface area contributed by atoms with Crippen LogP contribution in [-0.2, 0) is 24.1 Å². The van der Waals surface area contributed by atoms with Gasteiger partial charge in [-0.2, -0.15) is 0 Å². The Morgan fingerprint density at radius 2 is 2.06 bits per heavy atom. The second-order valence-corrected chi connectivity index (χ2v) is 4.71. The Morgan fingerprint density at radius 1 is 1.38 bits per heavy atom. The quantitative estimate of drug-likeness (QED) is 0.812. The third-order valence-corrected chi connectivity index (χ3v) is 3.17. The van der Waals surface area contributed by atoms with Crippen molar-refractivity contribution in [1.82, 2.24) is 0 Å². The molecule has 3 heteroatoms. The van der Waals surface area contributed by atoms with Crippen molar-refractivity contribution in [3.05, 3.63) is 34.9 Å².